The number of aromatic amines is 1. The lowest BCUT2D eigenvalue weighted by Crippen LogP contribution is -2.41. The van der Waals surface area contributed by atoms with Crippen molar-refractivity contribution < 1.29 is 4.79 Å². The molecule has 1 aliphatic rings. The molecule has 0 saturated carbocycles. The van der Waals surface area contributed by atoms with Crippen LogP contribution in [0, 0.1) is 5.92 Å². The van der Waals surface area contributed by atoms with E-state index in [0.717, 1.165) is 36.9 Å². The molecule has 6 nitrogen and oxygen atoms in total. The Balaban J connectivity index is 1.33. The highest BCUT2D eigenvalue weighted by Crippen LogP contribution is 2.22. The molecule has 7 heteroatoms. The number of hydrogen-bond donors (Lipinski definition) is 1. The summed E-state index contributed by atoms with van der Waals surface area (Å²) in [5.74, 6) is 0.605. The summed E-state index contributed by atoms with van der Waals surface area (Å²) in [6.07, 6.45) is 3.20. The maximum absolute atomic E-state index is 12.6. The van der Waals surface area contributed by atoms with Crippen LogP contribution >= 0.6 is 11.3 Å². The van der Waals surface area contributed by atoms with E-state index >= 15 is 0 Å². The van der Waals surface area contributed by atoms with Crippen molar-refractivity contribution in [2.45, 2.75) is 32.2 Å². The third kappa shape index (κ3) is 3.94. The molecule has 4 rings (SSSR count). The molecule has 3 aromatic rings. The van der Waals surface area contributed by atoms with E-state index in [1.54, 1.807) is 11.4 Å². The van der Waals surface area contributed by atoms with E-state index in [4.69, 9.17) is 0 Å². The molecule has 0 atom stereocenters. The SMILES string of the molecule is O=C(CCn1c(=O)[nH]c2ccsc2c1=O)N1CCC(Cc2ccccc2)CC1. The zero-order valence-electron chi connectivity index (χ0n) is 15.6. The fourth-order valence-electron chi connectivity index (χ4n) is 3.87. The molecule has 28 heavy (non-hydrogen) atoms. The number of H-pyrrole nitrogens is 1. The van der Waals surface area contributed by atoms with Crippen molar-refractivity contribution >= 4 is 27.5 Å². The summed E-state index contributed by atoms with van der Waals surface area (Å²) in [6, 6.07) is 12.2. The molecule has 3 heterocycles. The lowest BCUT2D eigenvalue weighted by atomic mass is 9.90. The van der Waals surface area contributed by atoms with E-state index in [1.807, 2.05) is 11.0 Å². The lowest BCUT2D eigenvalue weighted by Gasteiger charge is -2.32. The molecule has 1 aliphatic heterocycles. The van der Waals surface area contributed by atoms with E-state index in [-0.39, 0.29) is 24.4 Å². The molecule has 0 unspecified atom stereocenters. The first-order valence-corrected chi connectivity index (χ1v) is 10.5. The summed E-state index contributed by atoms with van der Waals surface area (Å²) in [4.78, 5) is 41.7. The fraction of sp³-hybridized carbons (Fsp3) is 0.381. The highest BCUT2D eigenvalue weighted by molar-refractivity contribution is 7.17. The summed E-state index contributed by atoms with van der Waals surface area (Å²) >= 11 is 1.30. The Morgan fingerprint density at radius 1 is 1.11 bits per heavy atom. The van der Waals surface area contributed by atoms with E-state index in [2.05, 4.69) is 29.2 Å². The van der Waals surface area contributed by atoms with Crippen LogP contribution in [-0.2, 0) is 17.8 Å². The minimum absolute atomic E-state index is 0.00994. The number of fused-ring (bicyclic) bond motifs is 1. The first-order chi connectivity index (χ1) is 13.6. The van der Waals surface area contributed by atoms with Gasteiger partial charge in [-0.25, -0.2) is 4.79 Å². The lowest BCUT2D eigenvalue weighted by molar-refractivity contribution is -0.132. The summed E-state index contributed by atoms with van der Waals surface area (Å²) in [7, 11) is 0. The Bertz CT molecular complexity index is 1080. The van der Waals surface area contributed by atoms with Crippen molar-refractivity contribution in [3.8, 4) is 0 Å². The second kappa shape index (κ2) is 8.14. The van der Waals surface area contributed by atoms with Crippen LogP contribution in [0.1, 0.15) is 24.8 Å². The van der Waals surface area contributed by atoms with Gasteiger partial charge in [0.2, 0.25) is 5.91 Å². The van der Waals surface area contributed by atoms with Crippen molar-refractivity contribution in [3.05, 3.63) is 68.2 Å². The number of thiophene rings is 1. The molecule has 1 aromatic carbocycles. The van der Waals surface area contributed by atoms with Crippen LogP contribution in [0.3, 0.4) is 0 Å². The maximum atomic E-state index is 12.6. The number of aromatic nitrogens is 2. The van der Waals surface area contributed by atoms with E-state index in [9.17, 15) is 14.4 Å². The fourth-order valence-corrected chi connectivity index (χ4v) is 4.67. The first-order valence-electron chi connectivity index (χ1n) is 9.64. The van der Waals surface area contributed by atoms with Gasteiger partial charge in [-0.1, -0.05) is 30.3 Å². The first kappa shape index (κ1) is 18.7. The van der Waals surface area contributed by atoms with Crippen molar-refractivity contribution in [2.24, 2.45) is 5.92 Å². The van der Waals surface area contributed by atoms with E-state index in [0.29, 0.717) is 16.1 Å². The Hall–Kier alpha value is -2.67. The number of benzene rings is 1. The average molecular weight is 398 g/mol. The van der Waals surface area contributed by atoms with Gasteiger partial charge in [0.05, 0.1) is 5.52 Å². The molecule has 0 bridgehead atoms. The van der Waals surface area contributed by atoms with Gasteiger partial charge in [0.15, 0.2) is 0 Å². The monoisotopic (exact) mass is 397 g/mol. The topological polar surface area (TPSA) is 75.2 Å². The van der Waals surface area contributed by atoms with Gasteiger partial charge in [0.25, 0.3) is 5.56 Å². The molecule has 0 aliphatic carbocycles. The van der Waals surface area contributed by atoms with Crippen molar-refractivity contribution in [1.82, 2.24) is 14.5 Å². The average Bonchev–Trinajstić information content (AvgIpc) is 3.17. The quantitative estimate of drug-likeness (QED) is 0.719. The highest BCUT2D eigenvalue weighted by Gasteiger charge is 2.23. The van der Waals surface area contributed by atoms with Gasteiger partial charge in [-0.05, 0) is 42.2 Å². The van der Waals surface area contributed by atoms with Crippen LogP contribution in [0.25, 0.3) is 10.2 Å². The molecule has 2 aromatic heterocycles. The maximum Gasteiger partial charge on any atom is 0.328 e. The van der Waals surface area contributed by atoms with Crippen LogP contribution in [-0.4, -0.2) is 33.4 Å². The number of nitrogens with one attached hydrogen (secondary N) is 1. The number of carbonyl (C=O) groups is 1. The molecule has 0 radical (unpaired) electrons. The number of amides is 1. The molecule has 0 spiro atoms. The Labute approximate surface area is 166 Å². The van der Waals surface area contributed by atoms with Gasteiger partial charge in [0, 0.05) is 26.1 Å². The van der Waals surface area contributed by atoms with Crippen LogP contribution in [0.5, 0.6) is 0 Å². The minimum Gasteiger partial charge on any atom is -0.343 e. The second-order valence-corrected chi connectivity index (χ2v) is 8.23. The van der Waals surface area contributed by atoms with Gasteiger partial charge >= 0.3 is 5.69 Å². The zero-order valence-corrected chi connectivity index (χ0v) is 16.4. The van der Waals surface area contributed by atoms with Crippen molar-refractivity contribution in [3.63, 3.8) is 0 Å². The predicted molar refractivity (Wildman–Crippen MR) is 111 cm³/mol. The predicted octanol–water partition coefficient (Wildman–Crippen LogP) is 2.62. The van der Waals surface area contributed by atoms with Crippen molar-refractivity contribution in [1.29, 1.82) is 0 Å². The Kier molecular flexibility index (Phi) is 5.43. The van der Waals surface area contributed by atoms with Gasteiger partial charge < -0.3 is 9.88 Å². The Morgan fingerprint density at radius 2 is 1.86 bits per heavy atom. The van der Waals surface area contributed by atoms with Crippen LogP contribution < -0.4 is 11.2 Å². The smallest absolute Gasteiger partial charge is 0.328 e. The largest absolute Gasteiger partial charge is 0.343 e. The van der Waals surface area contributed by atoms with E-state index < -0.39 is 5.69 Å². The third-order valence-corrected chi connectivity index (χ3v) is 6.38. The number of rotatable bonds is 5. The Morgan fingerprint density at radius 3 is 2.61 bits per heavy atom. The van der Waals surface area contributed by atoms with Gasteiger partial charge in [-0.3, -0.25) is 14.2 Å². The summed E-state index contributed by atoms with van der Waals surface area (Å²) in [5, 5.41) is 1.77. The molecule has 1 N–H and O–H groups in total. The van der Waals surface area contributed by atoms with E-state index in [1.165, 1.54) is 16.9 Å². The molecular weight excluding hydrogens is 374 g/mol. The van der Waals surface area contributed by atoms with Gasteiger partial charge in [-0.2, -0.15) is 0 Å². The highest BCUT2D eigenvalue weighted by atomic mass is 32.1. The standard InChI is InChI=1S/C21H23N3O3S/c25-18(8-12-24-20(26)19-17(9-13-28-19)22-21(24)27)23-10-6-16(7-11-23)14-15-4-2-1-3-5-15/h1-5,9,13,16H,6-8,10-12,14H2,(H,22,27). The third-order valence-electron chi connectivity index (χ3n) is 5.48. The number of carbonyl (C=O) groups excluding carboxylic acids is 1. The normalized spacial score (nSPS) is 15.2. The number of hydrogen-bond acceptors (Lipinski definition) is 4. The minimum atomic E-state index is -0.453. The van der Waals surface area contributed by atoms with Crippen LogP contribution in [0.4, 0.5) is 0 Å². The second-order valence-electron chi connectivity index (χ2n) is 7.31. The summed E-state index contributed by atoms with van der Waals surface area (Å²) in [5.41, 5.74) is 1.13. The summed E-state index contributed by atoms with van der Waals surface area (Å²) < 4.78 is 1.66. The molecule has 1 saturated heterocycles. The van der Waals surface area contributed by atoms with Gasteiger partial charge in [-0.15, -0.1) is 11.3 Å². The molecule has 146 valence electrons. The summed E-state index contributed by atoms with van der Waals surface area (Å²) in [6.45, 7) is 1.60. The van der Waals surface area contributed by atoms with Gasteiger partial charge in [0.1, 0.15) is 4.70 Å². The van der Waals surface area contributed by atoms with Crippen LogP contribution in [0.15, 0.2) is 51.4 Å². The number of likely N-dealkylation sites (tertiary alicyclic amines) is 1. The van der Waals surface area contributed by atoms with Crippen LogP contribution in [0.2, 0.25) is 0 Å². The van der Waals surface area contributed by atoms with Crippen molar-refractivity contribution in [2.75, 3.05) is 13.1 Å². The molecule has 1 amide bonds. The number of piperidine rings is 1. The zero-order chi connectivity index (χ0) is 19.5. The number of nitrogens with zero attached hydrogens (tertiary/aromatic N) is 2. The molecule has 1 fully saturated rings. The molecular formula is C21H23N3O3S.